The van der Waals surface area contributed by atoms with E-state index in [1.807, 2.05) is 30.3 Å². The van der Waals surface area contributed by atoms with Gasteiger partial charge in [-0.05, 0) is 24.8 Å². The number of aliphatic carboxylic acids is 1. The van der Waals surface area contributed by atoms with Crippen LogP contribution in [0.25, 0.3) is 0 Å². The molecule has 2 N–H and O–H groups in total. The number of ether oxygens (including phenoxy) is 2. The molecular weight excluding hydrogens is 336 g/mol. The van der Waals surface area contributed by atoms with Crippen LogP contribution in [-0.4, -0.2) is 60.1 Å². The molecule has 1 aromatic carbocycles. The maximum Gasteiger partial charge on any atom is 0.317 e. The number of carbonyl (C=O) groups excluding carboxylic acids is 1. The Kier molecular flexibility index (Phi) is 6.11. The Morgan fingerprint density at radius 1 is 1.23 bits per heavy atom. The topological polar surface area (TPSA) is 88.1 Å². The molecule has 0 saturated carbocycles. The number of rotatable bonds is 6. The highest BCUT2D eigenvalue weighted by Crippen LogP contribution is 2.30. The Morgan fingerprint density at radius 2 is 1.96 bits per heavy atom. The van der Waals surface area contributed by atoms with Crippen molar-refractivity contribution in [3.63, 3.8) is 0 Å². The number of nitrogens with one attached hydrogen (secondary N) is 1. The highest BCUT2D eigenvalue weighted by atomic mass is 16.7. The summed E-state index contributed by atoms with van der Waals surface area (Å²) in [5, 5.41) is 12.0. The number of carbonyl (C=O) groups is 2. The molecular formula is C19H26N2O5. The summed E-state index contributed by atoms with van der Waals surface area (Å²) in [6.07, 6.45) is 2.64. The van der Waals surface area contributed by atoms with E-state index in [1.165, 1.54) is 0 Å². The van der Waals surface area contributed by atoms with Crippen LogP contribution in [-0.2, 0) is 20.7 Å². The summed E-state index contributed by atoms with van der Waals surface area (Å²) in [5.74, 6) is -1.52. The van der Waals surface area contributed by atoms with Crippen molar-refractivity contribution in [1.29, 1.82) is 0 Å². The lowest BCUT2D eigenvalue weighted by Crippen LogP contribution is -2.55. The zero-order chi connectivity index (χ0) is 18.4. The smallest absolute Gasteiger partial charge is 0.317 e. The van der Waals surface area contributed by atoms with E-state index >= 15 is 0 Å². The van der Waals surface area contributed by atoms with Crippen molar-refractivity contribution in [2.24, 2.45) is 0 Å². The third-order valence-corrected chi connectivity index (χ3v) is 4.88. The van der Waals surface area contributed by atoms with Crippen LogP contribution in [0.3, 0.4) is 0 Å². The number of amides is 2. The maximum atomic E-state index is 12.7. The first-order chi connectivity index (χ1) is 12.6. The fourth-order valence-electron chi connectivity index (χ4n) is 3.58. The molecule has 26 heavy (non-hydrogen) atoms. The Morgan fingerprint density at radius 3 is 2.65 bits per heavy atom. The van der Waals surface area contributed by atoms with Gasteiger partial charge >= 0.3 is 12.0 Å². The van der Waals surface area contributed by atoms with Gasteiger partial charge in [0.15, 0.2) is 5.79 Å². The zero-order valence-electron chi connectivity index (χ0n) is 14.9. The summed E-state index contributed by atoms with van der Waals surface area (Å²) >= 11 is 0. The lowest BCUT2D eigenvalue weighted by molar-refractivity contribution is -0.182. The number of carboxylic acids is 1. The van der Waals surface area contributed by atoms with E-state index in [2.05, 4.69) is 5.32 Å². The third-order valence-electron chi connectivity index (χ3n) is 4.88. The van der Waals surface area contributed by atoms with Gasteiger partial charge in [0.05, 0.1) is 19.8 Å². The summed E-state index contributed by atoms with van der Waals surface area (Å²) in [6, 6.07) is 9.36. The van der Waals surface area contributed by atoms with Gasteiger partial charge in [0.25, 0.3) is 0 Å². The summed E-state index contributed by atoms with van der Waals surface area (Å²) in [6.45, 7) is 2.18. The molecule has 0 radical (unpaired) electrons. The number of nitrogens with zero attached hydrogens (tertiary/aromatic N) is 1. The number of hydrogen-bond donors (Lipinski definition) is 2. The Hall–Kier alpha value is -2.12. The van der Waals surface area contributed by atoms with Crippen LogP contribution in [0, 0.1) is 0 Å². The lowest BCUT2D eigenvalue weighted by atomic mass is 10.0. The summed E-state index contributed by atoms with van der Waals surface area (Å²) in [5.41, 5.74) is 1.07. The van der Waals surface area contributed by atoms with E-state index in [9.17, 15) is 9.59 Å². The van der Waals surface area contributed by atoms with Crippen LogP contribution >= 0.6 is 0 Å². The molecule has 2 heterocycles. The van der Waals surface area contributed by atoms with E-state index in [0.717, 1.165) is 18.4 Å². The van der Waals surface area contributed by atoms with Gasteiger partial charge in [0, 0.05) is 25.4 Å². The van der Waals surface area contributed by atoms with Gasteiger partial charge in [-0.1, -0.05) is 30.3 Å². The predicted octanol–water partition coefficient (Wildman–Crippen LogP) is 2.01. The van der Waals surface area contributed by atoms with Gasteiger partial charge in [-0.2, -0.15) is 0 Å². The quantitative estimate of drug-likeness (QED) is 0.808. The van der Waals surface area contributed by atoms with Crippen molar-refractivity contribution < 1.29 is 24.2 Å². The normalized spacial score (nSPS) is 20.1. The number of hydrogen-bond acceptors (Lipinski definition) is 4. The first-order valence-electron chi connectivity index (χ1n) is 9.15. The molecule has 2 aliphatic heterocycles. The summed E-state index contributed by atoms with van der Waals surface area (Å²) in [7, 11) is 0. The number of likely N-dealkylation sites (tertiary alicyclic amines) is 1. The number of piperidine rings is 1. The Balaban J connectivity index is 1.61. The molecule has 0 aromatic heterocycles. The second-order valence-corrected chi connectivity index (χ2v) is 6.90. The monoisotopic (exact) mass is 362 g/mol. The Labute approximate surface area is 153 Å². The largest absolute Gasteiger partial charge is 0.481 e. The number of carboxylic acid groups (broad SMARTS) is 1. The van der Waals surface area contributed by atoms with Gasteiger partial charge < -0.3 is 24.8 Å². The van der Waals surface area contributed by atoms with Crippen LogP contribution in [0.1, 0.15) is 31.2 Å². The van der Waals surface area contributed by atoms with Crippen molar-refractivity contribution in [3.05, 3.63) is 35.9 Å². The predicted molar refractivity (Wildman–Crippen MR) is 94.8 cm³/mol. The third kappa shape index (κ3) is 4.95. The van der Waals surface area contributed by atoms with E-state index < -0.39 is 11.8 Å². The molecule has 142 valence electrons. The molecule has 1 unspecified atom stereocenters. The minimum Gasteiger partial charge on any atom is -0.481 e. The van der Waals surface area contributed by atoms with Crippen molar-refractivity contribution in [3.8, 4) is 0 Å². The maximum absolute atomic E-state index is 12.7. The van der Waals surface area contributed by atoms with Gasteiger partial charge in [0.1, 0.15) is 0 Å². The fraction of sp³-hybridized carbons (Fsp3) is 0.579. The molecule has 1 atom stereocenters. The van der Waals surface area contributed by atoms with E-state index in [1.54, 1.807) is 4.90 Å². The van der Waals surface area contributed by atoms with Gasteiger partial charge in [-0.15, -0.1) is 0 Å². The Bertz CT molecular complexity index is 616. The highest BCUT2D eigenvalue weighted by molar-refractivity contribution is 5.75. The second-order valence-electron chi connectivity index (χ2n) is 6.90. The first-order valence-corrected chi connectivity index (χ1v) is 9.15. The molecule has 1 aromatic rings. The molecule has 3 rings (SSSR count). The van der Waals surface area contributed by atoms with Crippen molar-refractivity contribution >= 4 is 12.0 Å². The molecule has 2 amide bonds. The SMILES string of the molecule is O=C(O)CCC(Cc1ccccc1)NC(=O)N1CCCC2(C1)OCCO2. The van der Waals surface area contributed by atoms with Gasteiger partial charge in [-0.3, -0.25) is 4.79 Å². The van der Waals surface area contributed by atoms with Crippen LogP contribution in [0.2, 0.25) is 0 Å². The van der Waals surface area contributed by atoms with E-state index in [0.29, 0.717) is 39.1 Å². The molecule has 0 aliphatic carbocycles. The first kappa shape index (κ1) is 18.7. The standard InChI is InChI=1S/C19H26N2O5/c22-17(23)8-7-16(13-15-5-2-1-3-6-15)20-18(24)21-10-4-9-19(14-21)25-11-12-26-19/h1-3,5-6,16H,4,7-14H2,(H,20,24)(H,22,23). The molecule has 7 nitrogen and oxygen atoms in total. The van der Waals surface area contributed by atoms with Crippen LogP contribution < -0.4 is 5.32 Å². The summed E-state index contributed by atoms with van der Waals surface area (Å²) < 4.78 is 11.4. The molecule has 1 spiro atoms. The van der Waals surface area contributed by atoms with Gasteiger partial charge in [0.2, 0.25) is 0 Å². The van der Waals surface area contributed by atoms with Crippen molar-refractivity contribution in [1.82, 2.24) is 10.2 Å². The fourth-order valence-corrected chi connectivity index (χ4v) is 3.58. The average Bonchev–Trinajstić information content (AvgIpc) is 3.08. The molecule has 2 fully saturated rings. The minimum atomic E-state index is -0.859. The highest BCUT2D eigenvalue weighted by Gasteiger charge is 2.42. The second kappa shape index (κ2) is 8.51. The number of urea groups is 1. The molecule has 2 saturated heterocycles. The minimum absolute atomic E-state index is 0.0218. The van der Waals surface area contributed by atoms with E-state index in [4.69, 9.17) is 14.6 Å². The molecule has 0 bridgehead atoms. The van der Waals surface area contributed by atoms with Gasteiger partial charge in [-0.25, -0.2) is 4.79 Å². The number of benzene rings is 1. The zero-order valence-corrected chi connectivity index (χ0v) is 14.9. The average molecular weight is 362 g/mol. The summed E-state index contributed by atoms with van der Waals surface area (Å²) in [4.78, 5) is 25.4. The van der Waals surface area contributed by atoms with Crippen molar-refractivity contribution in [2.45, 2.75) is 43.9 Å². The van der Waals surface area contributed by atoms with Crippen LogP contribution in [0.4, 0.5) is 4.79 Å². The van der Waals surface area contributed by atoms with E-state index in [-0.39, 0.29) is 18.5 Å². The van der Waals surface area contributed by atoms with Crippen molar-refractivity contribution in [2.75, 3.05) is 26.3 Å². The van der Waals surface area contributed by atoms with Crippen LogP contribution in [0.15, 0.2) is 30.3 Å². The molecule has 7 heteroatoms. The molecule has 2 aliphatic rings. The van der Waals surface area contributed by atoms with Crippen LogP contribution in [0.5, 0.6) is 0 Å². The lowest BCUT2D eigenvalue weighted by Gasteiger charge is -2.39.